The molecule has 11 heavy (non-hydrogen) atoms. The quantitative estimate of drug-likeness (QED) is 0.369. The second kappa shape index (κ2) is 6.95. The van der Waals surface area contributed by atoms with Crippen LogP contribution in [-0.2, 0) is 0 Å². The van der Waals surface area contributed by atoms with Crippen molar-refractivity contribution in [3.05, 3.63) is 24.4 Å². The first-order valence-electron chi connectivity index (χ1n) is 3.81. The van der Waals surface area contributed by atoms with Crippen LogP contribution in [0.1, 0.15) is 26.7 Å². The van der Waals surface area contributed by atoms with E-state index in [1.165, 1.54) is 5.57 Å². The first-order chi connectivity index (χ1) is 5.31. The highest BCUT2D eigenvalue weighted by atomic mass is 14.8. The number of allylic oxidation sites excluding steroid dienone is 2. The van der Waals surface area contributed by atoms with E-state index in [-0.39, 0.29) is 0 Å². The maximum absolute atomic E-state index is 3.48. The first kappa shape index (κ1) is 9.84. The Hall–Kier alpha value is -1.16. The van der Waals surface area contributed by atoms with Crippen LogP contribution in [0.3, 0.4) is 0 Å². The Kier molecular flexibility index (Phi) is 6.22. The lowest BCUT2D eigenvalue weighted by molar-refractivity contribution is 1.08. The van der Waals surface area contributed by atoms with Gasteiger partial charge in [0.05, 0.1) is 0 Å². The molecule has 0 fully saturated rings. The summed E-state index contributed by atoms with van der Waals surface area (Å²) >= 11 is 0. The van der Waals surface area contributed by atoms with Crippen LogP contribution in [0, 0.1) is 12.0 Å². The van der Waals surface area contributed by atoms with Crippen LogP contribution in [0.5, 0.6) is 0 Å². The molecule has 0 aliphatic heterocycles. The van der Waals surface area contributed by atoms with Crippen molar-refractivity contribution in [1.29, 1.82) is 0 Å². The maximum atomic E-state index is 3.48. The van der Waals surface area contributed by atoms with Crippen LogP contribution in [-0.4, -0.2) is 0 Å². The van der Waals surface area contributed by atoms with Gasteiger partial charge in [-0.1, -0.05) is 31.1 Å². The number of nitrogens with one attached hydrogen (secondary N) is 1. The molecule has 0 spiro atoms. The van der Waals surface area contributed by atoms with Gasteiger partial charge in [0.1, 0.15) is 0 Å². The molecule has 1 N–H and O–H groups in total. The third-order valence-corrected chi connectivity index (χ3v) is 1.37. The van der Waals surface area contributed by atoms with Gasteiger partial charge in [-0.2, -0.15) is 0 Å². The van der Waals surface area contributed by atoms with Crippen LogP contribution in [0.15, 0.2) is 24.4 Å². The molecular weight excluding hydrogens is 134 g/mol. The summed E-state index contributed by atoms with van der Waals surface area (Å²) in [5.74, 6) is 2.94. The van der Waals surface area contributed by atoms with Gasteiger partial charge in [-0.25, -0.2) is 0 Å². The topological polar surface area (TPSA) is 12.0 Å². The third-order valence-electron chi connectivity index (χ3n) is 1.37. The lowest BCUT2D eigenvalue weighted by Gasteiger charge is -1.89. The summed E-state index contributed by atoms with van der Waals surface area (Å²) in [5, 5.41) is 2.71. The SMILES string of the molecule is C=CNC#CC/C=C(/C)CC. The zero-order valence-electron chi connectivity index (χ0n) is 7.28. The average Bonchev–Trinajstić information content (AvgIpc) is 2.04. The largest absolute Gasteiger partial charge is 0.322 e. The molecule has 1 heteroatoms. The van der Waals surface area contributed by atoms with E-state index in [0.717, 1.165) is 12.8 Å². The van der Waals surface area contributed by atoms with Crippen molar-refractivity contribution in [3.8, 4) is 12.0 Å². The molecule has 0 aliphatic rings. The van der Waals surface area contributed by atoms with E-state index in [2.05, 4.69) is 43.8 Å². The van der Waals surface area contributed by atoms with Crippen LogP contribution in [0.25, 0.3) is 0 Å². The highest BCUT2D eigenvalue weighted by Crippen LogP contribution is 1.98. The van der Waals surface area contributed by atoms with E-state index in [4.69, 9.17) is 0 Å². The van der Waals surface area contributed by atoms with Gasteiger partial charge in [-0.3, -0.25) is 0 Å². The van der Waals surface area contributed by atoms with Crippen LogP contribution in [0.2, 0.25) is 0 Å². The van der Waals surface area contributed by atoms with Crippen molar-refractivity contribution in [3.63, 3.8) is 0 Å². The molecule has 0 aromatic carbocycles. The minimum atomic E-state index is 0.820. The first-order valence-corrected chi connectivity index (χ1v) is 3.81. The van der Waals surface area contributed by atoms with Crippen LogP contribution >= 0.6 is 0 Å². The van der Waals surface area contributed by atoms with Gasteiger partial charge in [0.15, 0.2) is 0 Å². The molecule has 0 amide bonds. The van der Waals surface area contributed by atoms with Crippen LogP contribution in [0.4, 0.5) is 0 Å². The molecule has 60 valence electrons. The summed E-state index contributed by atoms with van der Waals surface area (Å²) in [5.41, 5.74) is 1.39. The molecule has 0 bridgehead atoms. The smallest absolute Gasteiger partial charge is 0.0290 e. The van der Waals surface area contributed by atoms with Gasteiger partial charge in [-0.15, -0.1) is 0 Å². The van der Waals surface area contributed by atoms with Crippen molar-refractivity contribution in [2.45, 2.75) is 26.7 Å². The van der Waals surface area contributed by atoms with Crippen molar-refractivity contribution in [2.75, 3.05) is 0 Å². The van der Waals surface area contributed by atoms with Gasteiger partial charge >= 0.3 is 0 Å². The van der Waals surface area contributed by atoms with Crippen molar-refractivity contribution < 1.29 is 0 Å². The lowest BCUT2D eigenvalue weighted by Crippen LogP contribution is -1.89. The van der Waals surface area contributed by atoms with Crippen molar-refractivity contribution in [1.82, 2.24) is 5.32 Å². The molecule has 0 saturated heterocycles. The van der Waals surface area contributed by atoms with Gasteiger partial charge in [0.2, 0.25) is 0 Å². The highest BCUT2D eigenvalue weighted by molar-refractivity contribution is 5.08. The van der Waals surface area contributed by atoms with E-state index in [1.54, 1.807) is 6.20 Å². The van der Waals surface area contributed by atoms with Gasteiger partial charge in [0.25, 0.3) is 0 Å². The summed E-state index contributed by atoms with van der Waals surface area (Å²) in [6, 6.07) is 2.75. The van der Waals surface area contributed by atoms with E-state index in [0.29, 0.717) is 0 Å². The normalized spacial score (nSPS) is 9.82. The van der Waals surface area contributed by atoms with Crippen LogP contribution < -0.4 is 5.32 Å². The van der Waals surface area contributed by atoms with Gasteiger partial charge in [0, 0.05) is 18.7 Å². The molecule has 0 radical (unpaired) electrons. The van der Waals surface area contributed by atoms with Gasteiger partial charge < -0.3 is 5.32 Å². The fraction of sp³-hybridized carbons (Fsp3) is 0.400. The number of rotatable bonds is 3. The van der Waals surface area contributed by atoms with E-state index in [9.17, 15) is 0 Å². The minimum Gasteiger partial charge on any atom is -0.322 e. The molecule has 1 nitrogen and oxygen atoms in total. The Bertz CT molecular complexity index is 191. The van der Waals surface area contributed by atoms with Crippen molar-refractivity contribution in [2.24, 2.45) is 0 Å². The summed E-state index contributed by atoms with van der Waals surface area (Å²) in [6.07, 6.45) is 5.64. The summed E-state index contributed by atoms with van der Waals surface area (Å²) in [6.45, 7) is 7.73. The Morgan fingerprint density at radius 1 is 1.64 bits per heavy atom. The Labute approximate surface area is 69.2 Å². The molecule has 0 saturated carbocycles. The highest BCUT2D eigenvalue weighted by Gasteiger charge is 1.79. The molecule has 0 heterocycles. The summed E-state index contributed by atoms with van der Waals surface area (Å²) in [4.78, 5) is 0. The lowest BCUT2D eigenvalue weighted by atomic mass is 10.2. The predicted molar refractivity (Wildman–Crippen MR) is 49.8 cm³/mol. The fourth-order valence-electron chi connectivity index (χ4n) is 0.523. The molecular formula is C10H15N. The maximum Gasteiger partial charge on any atom is 0.0290 e. The number of hydrogen-bond donors (Lipinski definition) is 1. The Morgan fingerprint density at radius 2 is 2.36 bits per heavy atom. The van der Waals surface area contributed by atoms with E-state index >= 15 is 0 Å². The monoisotopic (exact) mass is 149 g/mol. The van der Waals surface area contributed by atoms with Crippen molar-refractivity contribution >= 4 is 0 Å². The second-order valence-electron chi connectivity index (χ2n) is 2.26. The zero-order chi connectivity index (χ0) is 8.53. The average molecular weight is 149 g/mol. The third kappa shape index (κ3) is 6.73. The summed E-state index contributed by atoms with van der Waals surface area (Å²) < 4.78 is 0. The van der Waals surface area contributed by atoms with E-state index < -0.39 is 0 Å². The minimum absolute atomic E-state index is 0.820. The Morgan fingerprint density at radius 3 is 2.91 bits per heavy atom. The molecule has 0 aromatic rings. The summed E-state index contributed by atoms with van der Waals surface area (Å²) in [7, 11) is 0. The molecule has 0 aliphatic carbocycles. The molecule has 0 unspecified atom stereocenters. The molecule has 0 atom stereocenters. The van der Waals surface area contributed by atoms with E-state index in [1.807, 2.05) is 0 Å². The fourth-order valence-corrected chi connectivity index (χ4v) is 0.523. The predicted octanol–water partition coefficient (Wildman–Crippen LogP) is 2.43. The number of hydrogen-bond acceptors (Lipinski definition) is 1. The standard InChI is InChI=1S/C10H15N/c1-4-10(3)8-6-7-9-11-5-2/h5,8,11H,2,4,6H2,1,3H3/b10-8-. The Balaban J connectivity index is 3.56. The molecule has 0 rings (SSSR count). The van der Waals surface area contributed by atoms with Gasteiger partial charge in [-0.05, 0) is 13.3 Å². The second-order valence-corrected chi connectivity index (χ2v) is 2.26. The molecule has 0 aromatic heterocycles. The zero-order valence-corrected chi connectivity index (χ0v) is 7.28.